The topological polar surface area (TPSA) is 64.6 Å². The summed E-state index contributed by atoms with van der Waals surface area (Å²) >= 11 is 0. The van der Waals surface area contributed by atoms with Gasteiger partial charge < -0.3 is 14.8 Å². The van der Waals surface area contributed by atoms with Gasteiger partial charge in [0.2, 0.25) is 0 Å². The molecular formula is C17H19NO4. The van der Waals surface area contributed by atoms with E-state index in [-0.39, 0.29) is 12.7 Å². The Morgan fingerprint density at radius 3 is 2.91 bits per heavy atom. The zero-order valence-corrected chi connectivity index (χ0v) is 12.7. The second-order valence-corrected chi connectivity index (χ2v) is 5.44. The highest BCUT2D eigenvalue weighted by atomic mass is 16.6. The van der Waals surface area contributed by atoms with Crippen LogP contribution in [0.3, 0.4) is 0 Å². The second kappa shape index (κ2) is 5.57. The molecule has 5 nitrogen and oxygen atoms in total. The first-order valence-corrected chi connectivity index (χ1v) is 7.50. The number of hydrogen-bond acceptors (Lipinski definition) is 4. The monoisotopic (exact) mass is 301 g/mol. The fourth-order valence-electron chi connectivity index (χ4n) is 3.15. The standard InChI is InChI=1S/C17H19NO4/c1-3-21-16(20)17(15(19)18-2)10-13-12-7-5-4-6-11(12)8-9-14(13)22-17/h4-7,10,14H,3,8-9H2,1-2H3,(H,18,19)/t14-,17-/m0/s1. The van der Waals surface area contributed by atoms with Gasteiger partial charge in [-0.1, -0.05) is 24.3 Å². The third-order valence-corrected chi connectivity index (χ3v) is 4.18. The number of aryl methyl sites for hydroxylation is 1. The van der Waals surface area contributed by atoms with Crippen LogP contribution in [-0.4, -0.2) is 37.2 Å². The SMILES string of the molecule is CCOC(=O)[C@@]1(C(=O)NC)C=C2c3ccccc3CC[C@@H]2O1. The Balaban J connectivity index is 2.07. The molecule has 1 heterocycles. The molecule has 0 aromatic heterocycles. The van der Waals surface area contributed by atoms with Crippen LogP contribution in [0, 0.1) is 0 Å². The normalized spacial score (nSPS) is 25.7. The molecule has 0 bridgehead atoms. The zero-order chi connectivity index (χ0) is 15.7. The van der Waals surface area contributed by atoms with Gasteiger partial charge in [0.05, 0.1) is 12.7 Å². The van der Waals surface area contributed by atoms with Gasteiger partial charge in [0.25, 0.3) is 11.5 Å². The number of fused-ring (bicyclic) bond motifs is 3. The van der Waals surface area contributed by atoms with Crippen molar-refractivity contribution in [2.24, 2.45) is 0 Å². The number of ether oxygens (including phenoxy) is 2. The van der Waals surface area contributed by atoms with E-state index in [1.165, 1.54) is 12.6 Å². The van der Waals surface area contributed by atoms with Gasteiger partial charge in [-0.25, -0.2) is 4.79 Å². The number of hydrogen-bond donors (Lipinski definition) is 1. The average molecular weight is 301 g/mol. The zero-order valence-electron chi connectivity index (χ0n) is 12.7. The first kappa shape index (κ1) is 14.8. The predicted octanol–water partition coefficient (Wildman–Crippen LogP) is 1.46. The highest BCUT2D eigenvalue weighted by molar-refractivity contribution is 6.11. The van der Waals surface area contributed by atoms with Gasteiger partial charge in [0, 0.05) is 7.05 Å². The summed E-state index contributed by atoms with van der Waals surface area (Å²) in [6.45, 7) is 1.91. The van der Waals surface area contributed by atoms with Crippen LogP contribution >= 0.6 is 0 Å². The van der Waals surface area contributed by atoms with Crippen LogP contribution in [0.25, 0.3) is 5.57 Å². The highest BCUT2D eigenvalue weighted by Gasteiger charge is 2.54. The Bertz CT molecular complexity index is 652. The van der Waals surface area contributed by atoms with Crippen LogP contribution in [0.5, 0.6) is 0 Å². The molecular weight excluding hydrogens is 282 g/mol. The van der Waals surface area contributed by atoms with Crippen molar-refractivity contribution in [3.63, 3.8) is 0 Å². The van der Waals surface area contributed by atoms with Crippen molar-refractivity contribution in [1.29, 1.82) is 0 Å². The van der Waals surface area contributed by atoms with Crippen molar-refractivity contribution in [2.75, 3.05) is 13.7 Å². The quantitative estimate of drug-likeness (QED) is 0.678. The number of carbonyl (C=O) groups is 2. The lowest BCUT2D eigenvalue weighted by Crippen LogP contribution is -2.52. The number of likely N-dealkylation sites (N-methyl/N-ethyl adjacent to an activating group) is 1. The minimum atomic E-state index is -1.68. The first-order valence-electron chi connectivity index (χ1n) is 7.50. The summed E-state index contributed by atoms with van der Waals surface area (Å²) in [5.74, 6) is -1.15. The Labute approximate surface area is 129 Å². The molecule has 0 radical (unpaired) electrons. The van der Waals surface area contributed by atoms with Crippen molar-refractivity contribution in [3.05, 3.63) is 41.5 Å². The number of benzene rings is 1. The fourth-order valence-corrected chi connectivity index (χ4v) is 3.15. The molecule has 0 spiro atoms. The van der Waals surface area contributed by atoms with Crippen LogP contribution < -0.4 is 5.32 Å². The molecule has 1 aliphatic heterocycles. The number of esters is 1. The van der Waals surface area contributed by atoms with Crippen molar-refractivity contribution in [2.45, 2.75) is 31.5 Å². The number of amides is 1. The minimum absolute atomic E-state index is 0.200. The van der Waals surface area contributed by atoms with Crippen LogP contribution in [0.2, 0.25) is 0 Å². The summed E-state index contributed by atoms with van der Waals surface area (Å²) in [6.07, 6.45) is 3.00. The van der Waals surface area contributed by atoms with Gasteiger partial charge >= 0.3 is 5.97 Å². The van der Waals surface area contributed by atoms with E-state index in [4.69, 9.17) is 9.47 Å². The third kappa shape index (κ3) is 2.13. The van der Waals surface area contributed by atoms with Crippen molar-refractivity contribution >= 4 is 17.4 Å². The third-order valence-electron chi connectivity index (χ3n) is 4.18. The highest BCUT2D eigenvalue weighted by Crippen LogP contribution is 2.42. The Hall–Kier alpha value is -2.14. The number of nitrogens with one attached hydrogen (secondary N) is 1. The van der Waals surface area contributed by atoms with Crippen molar-refractivity contribution in [3.8, 4) is 0 Å². The molecule has 22 heavy (non-hydrogen) atoms. The van der Waals surface area contributed by atoms with Crippen LogP contribution in [-0.2, 0) is 25.5 Å². The molecule has 0 saturated carbocycles. The average Bonchev–Trinajstić information content (AvgIpc) is 2.95. The summed E-state index contributed by atoms with van der Waals surface area (Å²) in [5, 5.41) is 2.51. The van der Waals surface area contributed by atoms with Crippen LogP contribution in [0.1, 0.15) is 24.5 Å². The molecule has 1 aromatic carbocycles. The van der Waals surface area contributed by atoms with E-state index in [1.807, 2.05) is 18.2 Å². The lowest BCUT2D eigenvalue weighted by atomic mass is 9.85. The van der Waals surface area contributed by atoms with E-state index >= 15 is 0 Å². The molecule has 0 fully saturated rings. The van der Waals surface area contributed by atoms with Gasteiger partial charge in [0.15, 0.2) is 0 Å². The van der Waals surface area contributed by atoms with E-state index in [2.05, 4.69) is 11.4 Å². The molecule has 5 heteroatoms. The molecule has 1 amide bonds. The smallest absolute Gasteiger partial charge is 0.352 e. The van der Waals surface area contributed by atoms with Crippen molar-refractivity contribution in [1.82, 2.24) is 5.32 Å². The molecule has 2 atom stereocenters. The van der Waals surface area contributed by atoms with E-state index < -0.39 is 17.5 Å². The Kier molecular flexibility index (Phi) is 3.74. The maximum atomic E-state index is 12.4. The molecule has 116 valence electrons. The summed E-state index contributed by atoms with van der Waals surface area (Å²) in [4.78, 5) is 24.7. The van der Waals surface area contributed by atoms with Gasteiger partial charge in [-0.05, 0) is 42.5 Å². The lowest BCUT2D eigenvalue weighted by Gasteiger charge is -2.27. The van der Waals surface area contributed by atoms with Crippen molar-refractivity contribution < 1.29 is 19.1 Å². The summed E-state index contributed by atoms with van der Waals surface area (Å²) < 4.78 is 11.0. The van der Waals surface area contributed by atoms with Gasteiger partial charge in [-0.15, -0.1) is 0 Å². The molecule has 3 rings (SSSR count). The second-order valence-electron chi connectivity index (χ2n) is 5.44. The Morgan fingerprint density at radius 1 is 1.41 bits per heavy atom. The van der Waals surface area contributed by atoms with Crippen LogP contribution in [0.15, 0.2) is 30.3 Å². The molecule has 0 saturated heterocycles. The lowest BCUT2D eigenvalue weighted by molar-refractivity contribution is -0.172. The molecule has 1 N–H and O–H groups in total. The van der Waals surface area contributed by atoms with Gasteiger partial charge in [0.1, 0.15) is 0 Å². The molecule has 1 aromatic rings. The maximum absolute atomic E-state index is 12.4. The maximum Gasteiger partial charge on any atom is 0.352 e. The van der Waals surface area contributed by atoms with Gasteiger partial charge in [-0.2, -0.15) is 0 Å². The molecule has 0 unspecified atom stereocenters. The number of rotatable bonds is 3. The molecule has 2 aliphatic rings. The van der Waals surface area contributed by atoms with Gasteiger partial charge in [-0.3, -0.25) is 4.79 Å². The van der Waals surface area contributed by atoms with E-state index in [9.17, 15) is 9.59 Å². The van der Waals surface area contributed by atoms with E-state index in [0.717, 1.165) is 24.0 Å². The van der Waals surface area contributed by atoms with E-state index in [0.29, 0.717) is 0 Å². The van der Waals surface area contributed by atoms with E-state index in [1.54, 1.807) is 13.0 Å². The summed E-state index contributed by atoms with van der Waals surface area (Å²) in [5.41, 5.74) is 1.49. The minimum Gasteiger partial charge on any atom is -0.463 e. The Morgan fingerprint density at radius 2 is 2.18 bits per heavy atom. The van der Waals surface area contributed by atoms with Crippen LogP contribution in [0.4, 0.5) is 0 Å². The summed E-state index contributed by atoms with van der Waals surface area (Å²) in [7, 11) is 1.49. The first-order chi connectivity index (χ1) is 10.6. The fraction of sp³-hybridized carbons (Fsp3) is 0.412. The largest absolute Gasteiger partial charge is 0.463 e. The predicted molar refractivity (Wildman–Crippen MR) is 81.0 cm³/mol. The summed E-state index contributed by atoms with van der Waals surface area (Å²) in [6, 6.07) is 8.01. The number of carbonyl (C=O) groups excluding carboxylic acids is 2. The molecule has 1 aliphatic carbocycles.